The summed E-state index contributed by atoms with van der Waals surface area (Å²) in [5.41, 5.74) is 2.48. The highest BCUT2D eigenvalue weighted by atomic mass is 16.5. The normalized spacial score (nSPS) is 10.5. The number of nitrogens with one attached hydrogen (secondary N) is 1. The first-order valence-electron chi connectivity index (χ1n) is 8.12. The van der Waals surface area contributed by atoms with Gasteiger partial charge in [0.2, 0.25) is 5.88 Å². The van der Waals surface area contributed by atoms with E-state index in [1.807, 2.05) is 52.0 Å². The highest BCUT2D eigenvalue weighted by Crippen LogP contribution is 2.19. The highest BCUT2D eigenvalue weighted by Gasteiger charge is 2.08. The van der Waals surface area contributed by atoms with Gasteiger partial charge in [0, 0.05) is 24.4 Å². The molecule has 0 aliphatic rings. The maximum absolute atomic E-state index is 12.3. The Bertz CT molecular complexity index is 682. The lowest BCUT2D eigenvalue weighted by molar-refractivity contribution is 0.0950. The zero-order valence-corrected chi connectivity index (χ0v) is 14.6. The van der Waals surface area contributed by atoms with Gasteiger partial charge in [-0.05, 0) is 57.0 Å². The molecule has 1 aromatic carbocycles. The number of aromatic nitrogens is 1. The number of rotatable bonds is 7. The molecule has 1 heterocycles. The third kappa shape index (κ3) is 4.98. The monoisotopic (exact) mass is 328 g/mol. The topological polar surface area (TPSA) is 60.5 Å². The number of benzene rings is 1. The zero-order chi connectivity index (χ0) is 17.5. The quantitative estimate of drug-likeness (QED) is 0.845. The second-order valence-corrected chi connectivity index (χ2v) is 5.77. The molecule has 0 unspecified atom stereocenters. The summed E-state index contributed by atoms with van der Waals surface area (Å²) in [6.45, 7) is 8.80. The van der Waals surface area contributed by atoms with Crippen LogP contribution in [0.2, 0.25) is 0 Å². The standard InChI is InChI=1S/C19H24N2O3/c1-5-23-17-8-7-16(10-14(17)4)19(22)21-12-15-6-9-18(20-11-15)24-13(2)3/h6-11,13H,5,12H2,1-4H3,(H,21,22). The van der Waals surface area contributed by atoms with Crippen molar-refractivity contribution in [2.24, 2.45) is 0 Å². The largest absolute Gasteiger partial charge is 0.494 e. The molecule has 0 atom stereocenters. The minimum atomic E-state index is -0.122. The van der Waals surface area contributed by atoms with Gasteiger partial charge in [0.1, 0.15) is 5.75 Å². The first-order valence-corrected chi connectivity index (χ1v) is 8.12. The Morgan fingerprint density at radius 3 is 2.62 bits per heavy atom. The second kappa shape index (κ2) is 8.34. The summed E-state index contributed by atoms with van der Waals surface area (Å²) in [7, 11) is 0. The number of hydrogen-bond acceptors (Lipinski definition) is 4. The molecule has 0 saturated carbocycles. The van der Waals surface area contributed by atoms with Gasteiger partial charge in [-0.2, -0.15) is 0 Å². The van der Waals surface area contributed by atoms with Crippen molar-refractivity contribution < 1.29 is 14.3 Å². The van der Waals surface area contributed by atoms with Crippen LogP contribution in [0.5, 0.6) is 11.6 Å². The van der Waals surface area contributed by atoms with Gasteiger partial charge in [0.25, 0.3) is 5.91 Å². The number of carbonyl (C=O) groups is 1. The fourth-order valence-electron chi connectivity index (χ4n) is 2.22. The van der Waals surface area contributed by atoms with Crippen LogP contribution < -0.4 is 14.8 Å². The average molecular weight is 328 g/mol. The van der Waals surface area contributed by atoms with Gasteiger partial charge in [-0.1, -0.05) is 6.07 Å². The Kier molecular flexibility index (Phi) is 6.18. The van der Waals surface area contributed by atoms with Crippen LogP contribution in [0.15, 0.2) is 36.5 Å². The highest BCUT2D eigenvalue weighted by molar-refractivity contribution is 5.94. The zero-order valence-electron chi connectivity index (χ0n) is 14.6. The molecule has 0 fully saturated rings. The number of aryl methyl sites for hydroxylation is 1. The van der Waals surface area contributed by atoms with E-state index in [4.69, 9.17) is 9.47 Å². The van der Waals surface area contributed by atoms with Crippen LogP contribution in [-0.4, -0.2) is 23.6 Å². The molecule has 2 aromatic rings. The van der Waals surface area contributed by atoms with Gasteiger partial charge in [-0.25, -0.2) is 4.98 Å². The van der Waals surface area contributed by atoms with E-state index in [2.05, 4.69) is 10.3 Å². The average Bonchev–Trinajstić information content (AvgIpc) is 2.55. The third-order valence-corrected chi connectivity index (χ3v) is 3.34. The molecule has 1 amide bonds. The minimum absolute atomic E-state index is 0.0888. The number of pyridine rings is 1. The van der Waals surface area contributed by atoms with Crippen LogP contribution in [0.3, 0.4) is 0 Å². The maximum atomic E-state index is 12.3. The van der Waals surface area contributed by atoms with Crippen LogP contribution in [0.4, 0.5) is 0 Å². The molecule has 128 valence electrons. The van der Waals surface area contributed by atoms with E-state index in [1.54, 1.807) is 12.3 Å². The Morgan fingerprint density at radius 2 is 2.04 bits per heavy atom. The molecular formula is C19H24N2O3. The van der Waals surface area contributed by atoms with E-state index in [9.17, 15) is 4.79 Å². The van der Waals surface area contributed by atoms with Gasteiger partial charge >= 0.3 is 0 Å². The maximum Gasteiger partial charge on any atom is 0.251 e. The van der Waals surface area contributed by atoms with Crippen molar-refractivity contribution in [1.82, 2.24) is 10.3 Å². The molecule has 0 radical (unpaired) electrons. The van der Waals surface area contributed by atoms with Crippen molar-refractivity contribution in [3.8, 4) is 11.6 Å². The minimum Gasteiger partial charge on any atom is -0.494 e. The van der Waals surface area contributed by atoms with Crippen LogP contribution in [-0.2, 0) is 6.54 Å². The Balaban J connectivity index is 1.94. The SMILES string of the molecule is CCOc1ccc(C(=O)NCc2ccc(OC(C)C)nc2)cc1C. The van der Waals surface area contributed by atoms with Crippen molar-refractivity contribution in [2.45, 2.75) is 40.3 Å². The Morgan fingerprint density at radius 1 is 1.25 bits per heavy atom. The number of hydrogen-bond donors (Lipinski definition) is 1. The molecule has 0 aliphatic heterocycles. The van der Waals surface area contributed by atoms with Gasteiger partial charge in [-0.15, -0.1) is 0 Å². The fourth-order valence-corrected chi connectivity index (χ4v) is 2.22. The number of nitrogens with zero attached hydrogens (tertiary/aromatic N) is 1. The molecule has 5 heteroatoms. The van der Waals surface area contributed by atoms with E-state index in [-0.39, 0.29) is 12.0 Å². The molecular weight excluding hydrogens is 304 g/mol. The molecule has 24 heavy (non-hydrogen) atoms. The molecule has 1 N–H and O–H groups in total. The summed E-state index contributed by atoms with van der Waals surface area (Å²) in [6, 6.07) is 9.13. The van der Waals surface area contributed by atoms with E-state index in [0.29, 0.717) is 24.6 Å². The van der Waals surface area contributed by atoms with Crippen molar-refractivity contribution in [1.29, 1.82) is 0 Å². The van der Waals surface area contributed by atoms with Gasteiger partial charge < -0.3 is 14.8 Å². The van der Waals surface area contributed by atoms with Gasteiger partial charge in [-0.3, -0.25) is 4.79 Å². The molecule has 0 bridgehead atoms. The van der Waals surface area contributed by atoms with Crippen molar-refractivity contribution in [3.63, 3.8) is 0 Å². The molecule has 0 saturated heterocycles. The fraction of sp³-hybridized carbons (Fsp3) is 0.368. The third-order valence-electron chi connectivity index (χ3n) is 3.34. The predicted molar refractivity (Wildman–Crippen MR) is 93.5 cm³/mol. The van der Waals surface area contributed by atoms with Crippen LogP contribution in [0, 0.1) is 6.92 Å². The smallest absolute Gasteiger partial charge is 0.251 e. The lowest BCUT2D eigenvalue weighted by Gasteiger charge is -2.11. The summed E-state index contributed by atoms with van der Waals surface area (Å²) in [4.78, 5) is 16.5. The Labute approximate surface area is 143 Å². The first-order chi connectivity index (χ1) is 11.5. The van der Waals surface area contributed by atoms with E-state index in [0.717, 1.165) is 16.9 Å². The summed E-state index contributed by atoms with van der Waals surface area (Å²) in [5, 5.41) is 2.89. The van der Waals surface area contributed by atoms with Crippen LogP contribution >= 0.6 is 0 Å². The number of carbonyl (C=O) groups excluding carboxylic acids is 1. The lowest BCUT2D eigenvalue weighted by Crippen LogP contribution is -2.23. The second-order valence-electron chi connectivity index (χ2n) is 5.77. The van der Waals surface area contributed by atoms with E-state index in [1.165, 1.54) is 0 Å². The lowest BCUT2D eigenvalue weighted by atomic mass is 10.1. The van der Waals surface area contributed by atoms with Gasteiger partial charge in [0.15, 0.2) is 0 Å². The summed E-state index contributed by atoms with van der Waals surface area (Å²) >= 11 is 0. The number of amides is 1. The van der Waals surface area contributed by atoms with Crippen molar-refractivity contribution >= 4 is 5.91 Å². The van der Waals surface area contributed by atoms with Crippen molar-refractivity contribution in [3.05, 3.63) is 53.2 Å². The van der Waals surface area contributed by atoms with E-state index >= 15 is 0 Å². The summed E-state index contributed by atoms with van der Waals surface area (Å²) < 4.78 is 11.0. The van der Waals surface area contributed by atoms with Crippen LogP contribution in [0.25, 0.3) is 0 Å². The molecule has 5 nitrogen and oxygen atoms in total. The van der Waals surface area contributed by atoms with Crippen molar-refractivity contribution in [2.75, 3.05) is 6.61 Å². The van der Waals surface area contributed by atoms with E-state index < -0.39 is 0 Å². The summed E-state index contributed by atoms with van der Waals surface area (Å²) in [5.74, 6) is 1.27. The first kappa shape index (κ1) is 17.8. The molecule has 0 aliphatic carbocycles. The Hall–Kier alpha value is -2.56. The molecule has 0 spiro atoms. The van der Waals surface area contributed by atoms with Gasteiger partial charge in [0.05, 0.1) is 12.7 Å². The molecule has 2 rings (SSSR count). The van der Waals surface area contributed by atoms with Crippen LogP contribution in [0.1, 0.15) is 42.3 Å². The number of ether oxygens (including phenoxy) is 2. The molecule has 1 aromatic heterocycles. The summed E-state index contributed by atoms with van der Waals surface area (Å²) in [6.07, 6.45) is 1.80. The predicted octanol–water partition coefficient (Wildman–Crippen LogP) is 3.51.